The van der Waals surface area contributed by atoms with E-state index >= 15 is 0 Å². The molecule has 3 rings (SSSR count). The van der Waals surface area contributed by atoms with E-state index in [-0.39, 0.29) is 5.91 Å². The lowest BCUT2D eigenvalue weighted by Crippen LogP contribution is -2.35. The Morgan fingerprint density at radius 1 is 1.00 bits per heavy atom. The summed E-state index contributed by atoms with van der Waals surface area (Å²) in [5, 5.41) is 0.317. The zero-order chi connectivity index (χ0) is 18.7. The second kappa shape index (κ2) is 7.49. The average Bonchev–Trinajstić information content (AvgIpc) is 2.87. The van der Waals surface area contributed by atoms with Crippen molar-refractivity contribution in [3.63, 3.8) is 0 Å². The fourth-order valence-corrected chi connectivity index (χ4v) is 2.89. The summed E-state index contributed by atoms with van der Waals surface area (Å²) in [7, 11) is 0. The molecule has 5 nitrogen and oxygen atoms in total. The van der Waals surface area contributed by atoms with Crippen LogP contribution in [-0.4, -0.2) is 47.0 Å². The van der Waals surface area contributed by atoms with Crippen molar-refractivity contribution < 1.29 is 18.0 Å². The number of hydrogen-bond donors (Lipinski definition) is 0. The largest absolute Gasteiger partial charge is 0.417 e. The molecule has 138 valence electrons. The molecule has 0 aliphatic carbocycles. The van der Waals surface area contributed by atoms with Crippen LogP contribution < -0.4 is 4.90 Å². The van der Waals surface area contributed by atoms with E-state index in [0.717, 1.165) is 12.3 Å². The van der Waals surface area contributed by atoms with Gasteiger partial charge in [0.2, 0.25) is 0 Å². The molecule has 1 fully saturated rings. The summed E-state index contributed by atoms with van der Waals surface area (Å²) in [5.74, 6) is 0.330. The highest BCUT2D eigenvalue weighted by Gasteiger charge is 2.31. The molecule has 0 spiro atoms. The number of pyridine rings is 2. The Morgan fingerprint density at radius 2 is 1.81 bits per heavy atom. The third kappa shape index (κ3) is 4.24. The first-order valence-corrected chi connectivity index (χ1v) is 8.41. The molecular formula is C17H16ClF3N4O. The molecule has 0 N–H and O–H groups in total. The van der Waals surface area contributed by atoms with Crippen LogP contribution >= 0.6 is 11.6 Å². The van der Waals surface area contributed by atoms with Crippen LogP contribution in [0, 0.1) is 0 Å². The summed E-state index contributed by atoms with van der Waals surface area (Å²) < 4.78 is 37.9. The van der Waals surface area contributed by atoms with Gasteiger partial charge in [0.1, 0.15) is 11.0 Å². The molecule has 1 aliphatic heterocycles. The number of hydrogen-bond acceptors (Lipinski definition) is 4. The van der Waals surface area contributed by atoms with Crippen molar-refractivity contribution >= 4 is 23.3 Å². The highest BCUT2D eigenvalue weighted by molar-refractivity contribution is 6.29. The average molecular weight is 385 g/mol. The lowest BCUT2D eigenvalue weighted by molar-refractivity contribution is -0.137. The van der Waals surface area contributed by atoms with Crippen LogP contribution in [0.3, 0.4) is 0 Å². The first-order valence-electron chi connectivity index (χ1n) is 8.03. The molecule has 26 heavy (non-hydrogen) atoms. The van der Waals surface area contributed by atoms with E-state index < -0.39 is 11.7 Å². The lowest BCUT2D eigenvalue weighted by Gasteiger charge is -2.23. The maximum Gasteiger partial charge on any atom is 0.417 e. The molecule has 3 heterocycles. The van der Waals surface area contributed by atoms with Gasteiger partial charge >= 0.3 is 6.18 Å². The van der Waals surface area contributed by atoms with Crippen LogP contribution in [0.2, 0.25) is 5.15 Å². The van der Waals surface area contributed by atoms with Gasteiger partial charge in [0.15, 0.2) is 0 Å². The Labute approximate surface area is 153 Å². The summed E-state index contributed by atoms with van der Waals surface area (Å²) in [6.07, 6.45) is -1.44. The third-order valence-corrected chi connectivity index (χ3v) is 4.38. The number of nitrogens with zero attached hydrogens (tertiary/aromatic N) is 4. The molecule has 0 atom stereocenters. The molecule has 1 saturated heterocycles. The van der Waals surface area contributed by atoms with Gasteiger partial charge < -0.3 is 9.80 Å². The summed E-state index contributed by atoms with van der Waals surface area (Å²) >= 11 is 5.73. The van der Waals surface area contributed by atoms with Crippen LogP contribution in [0.15, 0.2) is 36.7 Å². The maximum absolute atomic E-state index is 12.6. The van der Waals surface area contributed by atoms with Crippen LogP contribution in [0.25, 0.3) is 0 Å². The highest BCUT2D eigenvalue weighted by Crippen LogP contribution is 2.29. The third-order valence-electron chi connectivity index (χ3n) is 4.16. The van der Waals surface area contributed by atoms with E-state index in [9.17, 15) is 18.0 Å². The normalized spacial score (nSPS) is 15.7. The molecule has 2 aromatic heterocycles. The standard InChI is InChI=1S/C17H16ClF3N4O/c18-14-4-2-12(10-22-14)16(26)25-7-1-6-24(8-9-25)15-5-3-13(11-23-15)17(19,20)21/h2-5,10-11H,1,6-9H2. The quantitative estimate of drug-likeness (QED) is 0.744. The summed E-state index contributed by atoms with van der Waals surface area (Å²) in [6, 6.07) is 5.57. The number of carbonyl (C=O) groups excluding carboxylic acids is 1. The van der Waals surface area contributed by atoms with Gasteiger partial charge in [-0.3, -0.25) is 4.79 Å². The Bertz CT molecular complexity index is 765. The summed E-state index contributed by atoms with van der Waals surface area (Å²) in [6.45, 7) is 2.11. The van der Waals surface area contributed by atoms with Crippen molar-refractivity contribution in [1.29, 1.82) is 0 Å². The van der Waals surface area contributed by atoms with Crippen LogP contribution in [0.4, 0.5) is 19.0 Å². The van der Waals surface area contributed by atoms with Crippen molar-refractivity contribution in [2.75, 3.05) is 31.1 Å². The van der Waals surface area contributed by atoms with E-state index in [0.29, 0.717) is 49.1 Å². The second-order valence-corrected chi connectivity index (χ2v) is 6.29. The van der Waals surface area contributed by atoms with Gasteiger partial charge in [-0.1, -0.05) is 11.6 Å². The number of aromatic nitrogens is 2. The van der Waals surface area contributed by atoms with E-state index in [2.05, 4.69) is 9.97 Å². The van der Waals surface area contributed by atoms with Crippen LogP contribution in [0.5, 0.6) is 0 Å². The number of halogens is 4. The number of rotatable bonds is 2. The minimum absolute atomic E-state index is 0.142. The van der Waals surface area contributed by atoms with E-state index in [1.807, 2.05) is 4.90 Å². The molecule has 0 radical (unpaired) electrons. The molecule has 0 saturated carbocycles. The van der Waals surface area contributed by atoms with Gasteiger partial charge in [0.05, 0.1) is 11.1 Å². The van der Waals surface area contributed by atoms with Crippen LogP contribution in [0.1, 0.15) is 22.3 Å². The zero-order valence-corrected chi connectivity index (χ0v) is 14.5. The van der Waals surface area contributed by atoms with Gasteiger partial charge in [-0.15, -0.1) is 0 Å². The first-order chi connectivity index (χ1) is 12.3. The monoisotopic (exact) mass is 384 g/mol. The van der Waals surface area contributed by atoms with Gasteiger partial charge in [-0.05, 0) is 30.7 Å². The van der Waals surface area contributed by atoms with Crippen molar-refractivity contribution in [3.8, 4) is 0 Å². The second-order valence-electron chi connectivity index (χ2n) is 5.91. The van der Waals surface area contributed by atoms with E-state index in [1.165, 1.54) is 12.3 Å². The van der Waals surface area contributed by atoms with Gasteiger partial charge in [0.25, 0.3) is 5.91 Å². The Morgan fingerprint density at radius 3 is 2.42 bits per heavy atom. The fourth-order valence-electron chi connectivity index (χ4n) is 2.78. The smallest absolute Gasteiger partial charge is 0.355 e. The van der Waals surface area contributed by atoms with Crippen molar-refractivity contribution in [2.24, 2.45) is 0 Å². The number of anilines is 1. The lowest BCUT2D eigenvalue weighted by atomic mass is 10.2. The molecule has 1 amide bonds. The first kappa shape index (κ1) is 18.4. The number of amides is 1. The molecule has 9 heteroatoms. The minimum Gasteiger partial charge on any atom is -0.355 e. The molecule has 1 aliphatic rings. The van der Waals surface area contributed by atoms with Gasteiger partial charge in [-0.25, -0.2) is 9.97 Å². The molecular weight excluding hydrogens is 369 g/mol. The summed E-state index contributed by atoms with van der Waals surface area (Å²) in [5.41, 5.74) is -0.321. The molecule has 2 aromatic rings. The molecule has 0 unspecified atom stereocenters. The molecule has 0 bridgehead atoms. The predicted molar refractivity (Wildman–Crippen MR) is 91.2 cm³/mol. The zero-order valence-electron chi connectivity index (χ0n) is 13.7. The fraction of sp³-hybridized carbons (Fsp3) is 0.353. The number of alkyl halides is 3. The van der Waals surface area contributed by atoms with E-state index in [1.54, 1.807) is 17.0 Å². The summed E-state index contributed by atoms with van der Waals surface area (Å²) in [4.78, 5) is 24.0. The van der Waals surface area contributed by atoms with Crippen molar-refractivity contribution in [3.05, 3.63) is 52.9 Å². The van der Waals surface area contributed by atoms with Crippen molar-refractivity contribution in [1.82, 2.24) is 14.9 Å². The SMILES string of the molecule is O=C(c1ccc(Cl)nc1)N1CCCN(c2ccc(C(F)(F)F)cn2)CC1. The van der Waals surface area contributed by atoms with Gasteiger partial charge in [0, 0.05) is 38.6 Å². The maximum atomic E-state index is 12.6. The van der Waals surface area contributed by atoms with Crippen molar-refractivity contribution in [2.45, 2.75) is 12.6 Å². The number of carbonyl (C=O) groups is 1. The minimum atomic E-state index is -4.40. The van der Waals surface area contributed by atoms with Crippen LogP contribution in [-0.2, 0) is 6.18 Å². The Balaban J connectivity index is 1.66. The van der Waals surface area contributed by atoms with Gasteiger partial charge in [-0.2, -0.15) is 13.2 Å². The predicted octanol–water partition coefficient (Wildman–Crippen LogP) is 3.50. The Hall–Kier alpha value is -2.35. The topological polar surface area (TPSA) is 49.3 Å². The Kier molecular flexibility index (Phi) is 5.31. The highest BCUT2D eigenvalue weighted by atomic mass is 35.5. The van der Waals surface area contributed by atoms with E-state index in [4.69, 9.17) is 11.6 Å². The molecule has 0 aromatic carbocycles.